The highest BCUT2D eigenvalue weighted by Crippen LogP contribution is 2.56. The predicted octanol–water partition coefficient (Wildman–Crippen LogP) is 5.85. The summed E-state index contributed by atoms with van der Waals surface area (Å²) in [5.74, 6) is 0. The van der Waals surface area contributed by atoms with Gasteiger partial charge in [-0.05, 0) is 36.3 Å². The molecular formula is C13H33O3PSi2. The minimum Gasteiger partial charge on any atom is -0.351 e. The van der Waals surface area contributed by atoms with E-state index in [1.807, 2.05) is 0 Å². The standard InChI is InChI=1S/C13H33O3PSi2/c1-12(2,3)18(8,9)15-17(7,14)16-19(10,11)13(4,5)6/h1-11H3. The van der Waals surface area contributed by atoms with Gasteiger partial charge in [-0.1, -0.05) is 41.5 Å². The fraction of sp³-hybridized carbons (Fsp3) is 1.00. The lowest BCUT2D eigenvalue weighted by Gasteiger charge is -2.42. The molecule has 0 aromatic heterocycles. The molecule has 0 fully saturated rings. The maximum Gasteiger partial charge on any atom is 0.308 e. The SMILES string of the molecule is CC(C)(C)[Si](C)(C)OP(C)(=O)O[Si](C)(C)C(C)(C)C. The first-order valence-corrected chi connectivity index (χ1v) is 14.7. The minimum atomic E-state index is -3.01. The molecule has 0 aromatic carbocycles. The summed E-state index contributed by atoms with van der Waals surface area (Å²) in [4.78, 5) is 0. The van der Waals surface area contributed by atoms with E-state index < -0.39 is 24.2 Å². The van der Waals surface area contributed by atoms with Crippen molar-refractivity contribution in [3.05, 3.63) is 0 Å². The van der Waals surface area contributed by atoms with Gasteiger partial charge in [0.05, 0.1) is 0 Å². The van der Waals surface area contributed by atoms with Crippen molar-refractivity contribution in [2.24, 2.45) is 0 Å². The first kappa shape index (κ1) is 19.6. The lowest BCUT2D eigenvalue weighted by molar-refractivity contribution is 0.363. The van der Waals surface area contributed by atoms with Crippen LogP contribution in [0.1, 0.15) is 41.5 Å². The molecule has 0 spiro atoms. The van der Waals surface area contributed by atoms with Gasteiger partial charge in [0.25, 0.3) is 0 Å². The maximum atomic E-state index is 12.8. The Bertz CT molecular complexity index is 333. The number of hydrogen-bond acceptors (Lipinski definition) is 3. The number of hydrogen-bond donors (Lipinski definition) is 0. The van der Waals surface area contributed by atoms with Gasteiger partial charge in [0.15, 0.2) is 0 Å². The quantitative estimate of drug-likeness (QED) is 0.480. The van der Waals surface area contributed by atoms with E-state index in [1.54, 1.807) is 6.66 Å². The molecule has 0 aliphatic heterocycles. The van der Waals surface area contributed by atoms with Crippen LogP contribution in [0.25, 0.3) is 0 Å². The third kappa shape index (κ3) is 5.46. The molecule has 6 heteroatoms. The minimum absolute atomic E-state index is 0.0372. The van der Waals surface area contributed by atoms with E-state index in [1.165, 1.54) is 0 Å². The Balaban J connectivity index is 5.10. The molecule has 0 heterocycles. The molecule has 0 radical (unpaired) electrons. The van der Waals surface area contributed by atoms with Crippen LogP contribution in [0.4, 0.5) is 0 Å². The highest BCUT2D eigenvalue weighted by Gasteiger charge is 2.46. The lowest BCUT2D eigenvalue weighted by atomic mass is 10.2. The van der Waals surface area contributed by atoms with Crippen LogP contribution in [0.3, 0.4) is 0 Å². The van der Waals surface area contributed by atoms with Gasteiger partial charge in [-0.2, -0.15) is 0 Å². The molecule has 116 valence electrons. The average Bonchev–Trinajstić information content (AvgIpc) is 1.93. The molecule has 19 heavy (non-hydrogen) atoms. The Morgan fingerprint density at radius 3 is 1.11 bits per heavy atom. The Morgan fingerprint density at radius 1 is 0.737 bits per heavy atom. The third-order valence-electron chi connectivity index (χ3n) is 4.40. The lowest BCUT2D eigenvalue weighted by Crippen LogP contribution is -2.43. The van der Waals surface area contributed by atoms with Crippen LogP contribution in [0, 0.1) is 0 Å². The van der Waals surface area contributed by atoms with E-state index in [9.17, 15) is 4.57 Å². The van der Waals surface area contributed by atoms with Crippen molar-refractivity contribution in [2.75, 3.05) is 6.66 Å². The van der Waals surface area contributed by atoms with Crippen LogP contribution in [0.5, 0.6) is 0 Å². The monoisotopic (exact) mass is 324 g/mol. The van der Waals surface area contributed by atoms with Gasteiger partial charge in [-0.3, -0.25) is 4.57 Å². The van der Waals surface area contributed by atoms with Crippen molar-refractivity contribution < 1.29 is 13.0 Å². The zero-order valence-electron chi connectivity index (χ0n) is 14.7. The molecule has 0 saturated heterocycles. The molecule has 0 N–H and O–H groups in total. The van der Waals surface area contributed by atoms with Crippen molar-refractivity contribution in [1.29, 1.82) is 0 Å². The summed E-state index contributed by atoms with van der Waals surface area (Å²) in [6.45, 7) is 22.9. The van der Waals surface area contributed by atoms with Gasteiger partial charge in [-0.15, -0.1) is 0 Å². The zero-order chi connectivity index (χ0) is 15.9. The highest BCUT2D eigenvalue weighted by molar-refractivity contribution is 7.56. The molecule has 3 nitrogen and oxygen atoms in total. The molecule has 0 amide bonds. The van der Waals surface area contributed by atoms with E-state index in [0.29, 0.717) is 0 Å². The van der Waals surface area contributed by atoms with Crippen molar-refractivity contribution in [1.82, 2.24) is 0 Å². The fourth-order valence-corrected chi connectivity index (χ4v) is 10.4. The Kier molecular flexibility index (Phi) is 5.58. The summed E-state index contributed by atoms with van der Waals surface area (Å²) >= 11 is 0. The van der Waals surface area contributed by atoms with E-state index in [-0.39, 0.29) is 10.1 Å². The second kappa shape index (κ2) is 5.41. The summed E-state index contributed by atoms with van der Waals surface area (Å²) < 4.78 is 24.8. The van der Waals surface area contributed by atoms with Gasteiger partial charge in [0.2, 0.25) is 16.6 Å². The molecule has 0 bridgehead atoms. The van der Waals surface area contributed by atoms with Gasteiger partial charge in [0, 0.05) is 6.66 Å². The Morgan fingerprint density at radius 2 is 0.947 bits per heavy atom. The van der Waals surface area contributed by atoms with Crippen LogP contribution in [0.15, 0.2) is 0 Å². The summed E-state index contributed by atoms with van der Waals surface area (Å²) in [7, 11) is -7.14. The van der Waals surface area contributed by atoms with Gasteiger partial charge < -0.3 is 8.43 Å². The Labute approximate surface area is 122 Å². The van der Waals surface area contributed by atoms with Crippen molar-refractivity contribution in [2.45, 2.75) is 77.8 Å². The fourth-order valence-electron chi connectivity index (χ4n) is 1.12. The van der Waals surface area contributed by atoms with E-state index in [2.05, 4.69) is 67.7 Å². The van der Waals surface area contributed by atoms with Crippen LogP contribution in [-0.2, 0) is 13.0 Å². The molecular weight excluding hydrogens is 291 g/mol. The molecule has 0 aliphatic rings. The van der Waals surface area contributed by atoms with Crippen molar-refractivity contribution in [3.8, 4) is 0 Å². The molecule has 0 aromatic rings. The summed E-state index contributed by atoms with van der Waals surface area (Å²) in [5, 5.41) is 0.0743. The summed E-state index contributed by atoms with van der Waals surface area (Å²) in [5.41, 5.74) is 0. The van der Waals surface area contributed by atoms with Crippen LogP contribution < -0.4 is 0 Å². The smallest absolute Gasteiger partial charge is 0.308 e. The zero-order valence-corrected chi connectivity index (χ0v) is 17.6. The van der Waals surface area contributed by atoms with E-state index >= 15 is 0 Å². The molecule has 0 saturated carbocycles. The Hall–Kier alpha value is 0.584. The highest BCUT2D eigenvalue weighted by atomic mass is 31.2. The summed E-state index contributed by atoms with van der Waals surface area (Å²) in [6.07, 6.45) is 0. The third-order valence-corrected chi connectivity index (χ3v) is 17.9. The van der Waals surface area contributed by atoms with Gasteiger partial charge in [0.1, 0.15) is 0 Å². The van der Waals surface area contributed by atoms with Gasteiger partial charge >= 0.3 is 7.60 Å². The topological polar surface area (TPSA) is 35.5 Å². The maximum absolute atomic E-state index is 12.8. The molecule has 0 rings (SSSR count). The molecule has 0 unspecified atom stereocenters. The average molecular weight is 325 g/mol. The van der Waals surface area contributed by atoms with E-state index in [4.69, 9.17) is 8.43 Å². The largest absolute Gasteiger partial charge is 0.351 e. The van der Waals surface area contributed by atoms with Crippen LogP contribution >= 0.6 is 7.60 Å². The second-order valence-electron chi connectivity index (χ2n) is 8.47. The van der Waals surface area contributed by atoms with Crippen molar-refractivity contribution in [3.63, 3.8) is 0 Å². The second-order valence-corrected chi connectivity index (χ2v) is 20.5. The molecule has 0 aliphatic carbocycles. The van der Waals surface area contributed by atoms with Crippen LogP contribution in [-0.4, -0.2) is 23.3 Å². The van der Waals surface area contributed by atoms with Crippen molar-refractivity contribution >= 4 is 24.2 Å². The van der Waals surface area contributed by atoms with Gasteiger partial charge in [-0.25, -0.2) is 0 Å². The van der Waals surface area contributed by atoms with Crippen LogP contribution in [0.2, 0.25) is 36.3 Å². The molecule has 0 atom stereocenters. The summed E-state index contributed by atoms with van der Waals surface area (Å²) in [6, 6.07) is 0. The predicted molar refractivity (Wildman–Crippen MR) is 90.1 cm³/mol. The number of rotatable bonds is 4. The van der Waals surface area contributed by atoms with E-state index in [0.717, 1.165) is 0 Å². The first-order chi connectivity index (χ1) is 7.91. The normalized spacial score (nSPS) is 15.7. The first-order valence-electron chi connectivity index (χ1n) is 6.90.